The molecule has 0 aliphatic carbocycles. The summed E-state index contributed by atoms with van der Waals surface area (Å²) in [5.41, 5.74) is 3.98. The highest BCUT2D eigenvalue weighted by atomic mass is 32.2. The number of pyridine rings is 1. The van der Waals surface area contributed by atoms with Gasteiger partial charge in [0.15, 0.2) is 0 Å². The quantitative estimate of drug-likeness (QED) is 0.701. The van der Waals surface area contributed by atoms with Crippen molar-refractivity contribution in [2.24, 2.45) is 5.92 Å². The third-order valence-electron chi connectivity index (χ3n) is 3.03. The molecule has 1 aliphatic heterocycles. The van der Waals surface area contributed by atoms with Gasteiger partial charge in [-0.1, -0.05) is 13.0 Å². The first-order chi connectivity index (χ1) is 6.68. The zero-order chi connectivity index (χ0) is 10.1. The molecule has 2 heteroatoms. The molecule has 14 heavy (non-hydrogen) atoms. The molecule has 2 atom stereocenters. The van der Waals surface area contributed by atoms with Crippen LogP contribution < -0.4 is 0 Å². The molecule has 0 aromatic carbocycles. The van der Waals surface area contributed by atoms with Crippen molar-refractivity contribution in [1.29, 1.82) is 0 Å². The van der Waals surface area contributed by atoms with Crippen LogP contribution in [0, 0.1) is 19.8 Å². The van der Waals surface area contributed by atoms with Crippen molar-refractivity contribution in [3.63, 3.8) is 0 Å². The number of thioether (sulfide) groups is 1. The van der Waals surface area contributed by atoms with E-state index in [1.165, 1.54) is 28.3 Å². The highest BCUT2D eigenvalue weighted by Gasteiger charge is 2.26. The van der Waals surface area contributed by atoms with Gasteiger partial charge in [0, 0.05) is 17.6 Å². The summed E-state index contributed by atoms with van der Waals surface area (Å²) in [6, 6.07) is 2.31. The Hall–Kier alpha value is -0.500. The SMILES string of the molecule is Cc1cnc(C)c(C2CSCC2C)c1. The van der Waals surface area contributed by atoms with E-state index in [0.29, 0.717) is 0 Å². The highest BCUT2D eigenvalue weighted by molar-refractivity contribution is 7.99. The minimum atomic E-state index is 0.729. The number of aryl methyl sites for hydroxylation is 2. The van der Waals surface area contributed by atoms with Crippen molar-refractivity contribution < 1.29 is 0 Å². The topological polar surface area (TPSA) is 12.9 Å². The molecule has 0 spiro atoms. The number of hydrogen-bond acceptors (Lipinski definition) is 2. The maximum absolute atomic E-state index is 4.45. The lowest BCUT2D eigenvalue weighted by Crippen LogP contribution is -2.09. The molecular formula is C12H17NS. The first-order valence-corrected chi connectivity index (χ1v) is 6.35. The Bertz CT molecular complexity index is 335. The first kappa shape index (κ1) is 10.0. The third kappa shape index (κ3) is 1.81. The zero-order valence-corrected chi connectivity index (χ0v) is 9.90. The molecule has 76 valence electrons. The smallest absolute Gasteiger partial charge is 0.0408 e. The molecule has 1 aromatic heterocycles. The lowest BCUT2D eigenvalue weighted by atomic mass is 9.89. The molecule has 0 amide bonds. The van der Waals surface area contributed by atoms with Crippen molar-refractivity contribution >= 4 is 11.8 Å². The van der Waals surface area contributed by atoms with Gasteiger partial charge in [-0.3, -0.25) is 4.98 Å². The van der Waals surface area contributed by atoms with Crippen molar-refractivity contribution in [3.8, 4) is 0 Å². The molecular weight excluding hydrogens is 190 g/mol. The monoisotopic (exact) mass is 207 g/mol. The van der Waals surface area contributed by atoms with Gasteiger partial charge in [0.1, 0.15) is 0 Å². The lowest BCUT2D eigenvalue weighted by Gasteiger charge is -2.17. The Labute approximate surface area is 90.3 Å². The van der Waals surface area contributed by atoms with Crippen molar-refractivity contribution in [1.82, 2.24) is 4.98 Å². The van der Waals surface area contributed by atoms with Crippen molar-refractivity contribution in [3.05, 3.63) is 29.1 Å². The number of nitrogens with zero attached hydrogens (tertiary/aromatic N) is 1. The van der Waals surface area contributed by atoms with Crippen LogP contribution in [0.4, 0.5) is 0 Å². The number of rotatable bonds is 1. The largest absolute Gasteiger partial charge is 0.261 e. The number of aromatic nitrogens is 1. The van der Waals surface area contributed by atoms with Crippen LogP contribution in [0.15, 0.2) is 12.3 Å². The fourth-order valence-corrected chi connectivity index (χ4v) is 3.60. The highest BCUT2D eigenvalue weighted by Crippen LogP contribution is 2.38. The van der Waals surface area contributed by atoms with Gasteiger partial charge in [0.2, 0.25) is 0 Å². The van der Waals surface area contributed by atoms with E-state index in [1.54, 1.807) is 0 Å². The second-order valence-corrected chi connectivity index (χ2v) is 5.38. The molecule has 1 fully saturated rings. The summed E-state index contributed by atoms with van der Waals surface area (Å²) in [4.78, 5) is 4.45. The average molecular weight is 207 g/mol. The van der Waals surface area contributed by atoms with Crippen LogP contribution in [-0.4, -0.2) is 16.5 Å². The van der Waals surface area contributed by atoms with Crippen LogP contribution in [-0.2, 0) is 0 Å². The summed E-state index contributed by atoms with van der Waals surface area (Å²) < 4.78 is 0. The van der Waals surface area contributed by atoms with E-state index in [1.807, 2.05) is 6.20 Å². The summed E-state index contributed by atoms with van der Waals surface area (Å²) in [5, 5.41) is 0. The molecule has 2 unspecified atom stereocenters. The number of hydrogen-bond donors (Lipinski definition) is 0. The van der Waals surface area contributed by atoms with E-state index >= 15 is 0 Å². The van der Waals surface area contributed by atoms with Crippen molar-refractivity contribution in [2.75, 3.05) is 11.5 Å². The maximum Gasteiger partial charge on any atom is 0.0408 e. The minimum absolute atomic E-state index is 0.729. The van der Waals surface area contributed by atoms with Gasteiger partial charge in [0.25, 0.3) is 0 Å². The van der Waals surface area contributed by atoms with E-state index in [9.17, 15) is 0 Å². The average Bonchev–Trinajstić information content (AvgIpc) is 2.56. The predicted octanol–water partition coefficient (Wildman–Crippen LogP) is 3.16. The van der Waals surface area contributed by atoms with Crippen LogP contribution in [0.2, 0.25) is 0 Å². The van der Waals surface area contributed by atoms with Crippen LogP contribution in [0.3, 0.4) is 0 Å². The second-order valence-electron chi connectivity index (χ2n) is 4.31. The van der Waals surface area contributed by atoms with Gasteiger partial charge in [-0.25, -0.2) is 0 Å². The molecule has 0 saturated carbocycles. The molecule has 1 saturated heterocycles. The van der Waals surface area contributed by atoms with Crippen LogP contribution >= 0.6 is 11.8 Å². The minimum Gasteiger partial charge on any atom is -0.261 e. The Balaban J connectivity index is 2.34. The molecule has 2 heterocycles. The summed E-state index contributed by atoms with van der Waals surface area (Å²) in [7, 11) is 0. The van der Waals surface area contributed by atoms with Gasteiger partial charge in [-0.05, 0) is 42.6 Å². The van der Waals surface area contributed by atoms with E-state index in [2.05, 4.69) is 43.6 Å². The summed E-state index contributed by atoms with van der Waals surface area (Å²) in [5.74, 6) is 4.11. The molecule has 0 N–H and O–H groups in total. The van der Waals surface area contributed by atoms with Gasteiger partial charge in [-0.2, -0.15) is 11.8 Å². The first-order valence-electron chi connectivity index (χ1n) is 5.19. The Morgan fingerprint density at radius 3 is 2.79 bits per heavy atom. The van der Waals surface area contributed by atoms with E-state index in [-0.39, 0.29) is 0 Å². The van der Waals surface area contributed by atoms with E-state index in [4.69, 9.17) is 0 Å². The van der Waals surface area contributed by atoms with Crippen LogP contribution in [0.1, 0.15) is 29.7 Å². The molecule has 2 rings (SSSR count). The van der Waals surface area contributed by atoms with Gasteiger partial charge in [0.05, 0.1) is 0 Å². The summed E-state index contributed by atoms with van der Waals surface area (Å²) in [6.07, 6.45) is 1.96. The van der Waals surface area contributed by atoms with Crippen molar-refractivity contribution in [2.45, 2.75) is 26.7 Å². The zero-order valence-electron chi connectivity index (χ0n) is 9.08. The van der Waals surface area contributed by atoms with Gasteiger partial charge in [-0.15, -0.1) is 0 Å². The maximum atomic E-state index is 4.45. The lowest BCUT2D eigenvalue weighted by molar-refractivity contribution is 0.569. The Morgan fingerprint density at radius 1 is 1.36 bits per heavy atom. The summed E-state index contributed by atoms with van der Waals surface area (Å²) >= 11 is 2.07. The fraction of sp³-hybridized carbons (Fsp3) is 0.583. The normalized spacial score (nSPS) is 26.8. The third-order valence-corrected chi connectivity index (χ3v) is 4.38. The Morgan fingerprint density at radius 2 is 2.14 bits per heavy atom. The predicted molar refractivity (Wildman–Crippen MR) is 62.9 cm³/mol. The Kier molecular flexibility index (Phi) is 2.82. The van der Waals surface area contributed by atoms with Crippen LogP contribution in [0.25, 0.3) is 0 Å². The standard InChI is InChI=1S/C12H17NS/c1-8-4-11(10(3)13-5-8)12-7-14-6-9(12)2/h4-5,9,12H,6-7H2,1-3H3. The fourth-order valence-electron chi connectivity index (χ4n) is 2.09. The molecule has 1 aliphatic rings. The molecule has 1 nitrogen and oxygen atoms in total. The molecule has 0 bridgehead atoms. The molecule has 0 radical (unpaired) electrons. The van der Waals surface area contributed by atoms with Gasteiger partial charge < -0.3 is 0 Å². The molecule has 1 aromatic rings. The van der Waals surface area contributed by atoms with E-state index < -0.39 is 0 Å². The summed E-state index contributed by atoms with van der Waals surface area (Å²) in [6.45, 7) is 6.61. The second kappa shape index (κ2) is 3.93. The van der Waals surface area contributed by atoms with Gasteiger partial charge >= 0.3 is 0 Å². The van der Waals surface area contributed by atoms with E-state index in [0.717, 1.165) is 11.8 Å². The van der Waals surface area contributed by atoms with Crippen LogP contribution in [0.5, 0.6) is 0 Å².